The van der Waals surface area contributed by atoms with Crippen molar-refractivity contribution in [2.75, 3.05) is 0 Å². The van der Waals surface area contributed by atoms with E-state index in [-0.39, 0.29) is 44.4 Å². The van der Waals surface area contributed by atoms with Crippen molar-refractivity contribution in [3.8, 4) is 11.5 Å². The van der Waals surface area contributed by atoms with Crippen molar-refractivity contribution in [3.05, 3.63) is 58.1 Å². The molecule has 1 atom stereocenters. The van der Waals surface area contributed by atoms with Crippen LogP contribution in [0, 0.1) is 0 Å². The first-order valence-corrected chi connectivity index (χ1v) is 7.26. The maximum absolute atomic E-state index is 12.7. The molecular formula is C16H11BrO4. The third-order valence-electron chi connectivity index (χ3n) is 3.61. The third-order valence-corrected chi connectivity index (χ3v) is 4.11. The smallest absolute Gasteiger partial charge is 0.201 e. The minimum Gasteiger partial charge on any atom is -0.507 e. The zero-order valence-electron chi connectivity index (χ0n) is 11.1. The lowest BCUT2D eigenvalue weighted by Gasteiger charge is -2.22. The first-order valence-electron chi connectivity index (χ1n) is 6.34. The molecule has 2 aromatic rings. The third kappa shape index (κ3) is 1.88. The van der Waals surface area contributed by atoms with E-state index in [1.807, 2.05) is 6.92 Å². The van der Waals surface area contributed by atoms with E-state index in [2.05, 4.69) is 15.9 Å². The SMILES string of the molecule is CC(Br)c1ccc(O)c2c1C(=O)c1cccc(O)c1C2=O. The Balaban J connectivity index is 2.40. The number of rotatable bonds is 1. The lowest BCUT2D eigenvalue weighted by atomic mass is 9.80. The predicted molar refractivity (Wildman–Crippen MR) is 80.4 cm³/mol. The summed E-state index contributed by atoms with van der Waals surface area (Å²) in [5.74, 6) is -1.42. The quantitative estimate of drug-likeness (QED) is 0.662. The zero-order chi connectivity index (χ0) is 15.3. The Kier molecular flexibility index (Phi) is 3.10. The zero-order valence-corrected chi connectivity index (χ0v) is 12.6. The Morgan fingerprint density at radius 3 is 2.24 bits per heavy atom. The van der Waals surface area contributed by atoms with Crippen molar-refractivity contribution >= 4 is 27.5 Å². The molecule has 0 amide bonds. The van der Waals surface area contributed by atoms with E-state index in [4.69, 9.17) is 0 Å². The van der Waals surface area contributed by atoms with Crippen LogP contribution in [0.2, 0.25) is 0 Å². The Bertz CT molecular complexity index is 793. The predicted octanol–water partition coefficient (Wildman–Crippen LogP) is 3.33. The maximum Gasteiger partial charge on any atom is 0.201 e. The average molecular weight is 347 g/mol. The van der Waals surface area contributed by atoms with Gasteiger partial charge < -0.3 is 10.2 Å². The van der Waals surface area contributed by atoms with E-state index in [1.165, 1.54) is 24.3 Å². The summed E-state index contributed by atoms with van der Waals surface area (Å²) >= 11 is 3.39. The molecule has 3 rings (SSSR count). The lowest BCUT2D eigenvalue weighted by Crippen LogP contribution is -2.23. The summed E-state index contributed by atoms with van der Waals surface area (Å²) in [6, 6.07) is 7.38. The number of phenolic OH excluding ortho intramolecular Hbond substituents is 2. The van der Waals surface area contributed by atoms with Gasteiger partial charge in [0.05, 0.1) is 11.1 Å². The molecule has 0 saturated carbocycles. The van der Waals surface area contributed by atoms with Crippen molar-refractivity contribution < 1.29 is 19.8 Å². The second-order valence-corrected chi connectivity index (χ2v) is 6.27. The number of benzene rings is 2. The molecule has 0 spiro atoms. The molecule has 1 aliphatic carbocycles. The maximum atomic E-state index is 12.7. The molecule has 1 aliphatic rings. The summed E-state index contributed by atoms with van der Waals surface area (Å²) < 4.78 is 0. The van der Waals surface area contributed by atoms with Crippen molar-refractivity contribution in [2.45, 2.75) is 11.8 Å². The molecule has 21 heavy (non-hydrogen) atoms. The number of fused-ring (bicyclic) bond motifs is 2. The highest BCUT2D eigenvalue weighted by Gasteiger charge is 2.36. The molecule has 0 saturated heterocycles. The minimum atomic E-state index is -0.537. The number of hydrogen-bond donors (Lipinski definition) is 2. The molecule has 2 N–H and O–H groups in total. The first-order chi connectivity index (χ1) is 9.93. The van der Waals surface area contributed by atoms with Crippen LogP contribution in [0.25, 0.3) is 0 Å². The summed E-state index contributed by atoms with van der Waals surface area (Å²) in [4.78, 5) is 25.1. The van der Waals surface area contributed by atoms with Gasteiger partial charge in [-0.3, -0.25) is 9.59 Å². The van der Waals surface area contributed by atoms with Crippen LogP contribution in [0.3, 0.4) is 0 Å². The van der Waals surface area contributed by atoms with Crippen molar-refractivity contribution in [1.29, 1.82) is 0 Å². The fourth-order valence-corrected chi connectivity index (χ4v) is 3.02. The van der Waals surface area contributed by atoms with E-state index >= 15 is 0 Å². The van der Waals surface area contributed by atoms with Crippen molar-refractivity contribution in [3.63, 3.8) is 0 Å². The molecule has 1 unspecified atom stereocenters. The molecule has 0 heterocycles. The number of hydrogen-bond acceptors (Lipinski definition) is 4. The summed E-state index contributed by atoms with van der Waals surface area (Å²) in [5, 5.41) is 19.9. The molecular weight excluding hydrogens is 336 g/mol. The van der Waals surface area contributed by atoms with Crippen LogP contribution in [0.1, 0.15) is 49.2 Å². The fourth-order valence-electron chi connectivity index (χ4n) is 2.64. The van der Waals surface area contributed by atoms with Gasteiger partial charge >= 0.3 is 0 Å². The molecule has 0 aromatic heterocycles. The van der Waals surface area contributed by atoms with Crippen LogP contribution in [0.15, 0.2) is 30.3 Å². The van der Waals surface area contributed by atoms with Crippen LogP contribution in [0.5, 0.6) is 11.5 Å². The van der Waals surface area contributed by atoms with Crippen LogP contribution in [-0.2, 0) is 0 Å². The molecule has 4 nitrogen and oxygen atoms in total. The van der Waals surface area contributed by atoms with Gasteiger partial charge in [-0.05, 0) is 24.6 Å². The highest BCUT2D eigenvalue weighted by atomic mass is 79.9. The number of halogens is 1. The fraction of sp³-hybridized carbons (Fsp3) is 0.125. The van der Waals surface area contributed by atoms with E-state index in [1.54, 1.807) is 6.07 Å². The Labute approximate surface area is 129 Å². The Hall–Kier alpha value is -2.14. The van der Waals surface area contributed by atoms with E-state index in [0.717, 1.165) is 0 Å². The number of ketones is 2. The number of phenols is 2. The van der Waals surface area contributed by atoms with Gasteiger partial charge in [0.15, 0.2) is 5.78 Å². The second kappa shape index (κ2) is 4.70. The molecule has 5 heteroatoms. The Morgan fingerprint density at radius 1 is 0.905 bits per heavy atom. The van der Waals surface area contributed by atoms with Crippen LogP contribution < -0.4 is 0 Å². The van der Waals surface area contributed by atoms with Gasteiger partial charge in [0.1, 0.15) is 11.5 Å². The molecule has 0 aliphatic heterocycles. The summed E-state index contributed by atoms with van der Waals surface area (Å²) in [6.07, 6.45) is 0. The van der Waals surface area contributed by atoms with Crippen molar-refractivity contribution in [2.24, 2.45) is 0 Å². The van der Waals surface area contributed by atoms with Gasteiger partial charge in [0.25, 0.3) is 0 Å². The van der Waals surface area contributed by atoms with Crippen LogP contribution >= 0.6 is 15.9 Å². The van der Waals surface area contributed by atoms with E-state index in [9.17, 15) is 19.8 Å². The lowest BCUT2D eigenvalue weighted by molar-refractivity contribution is 0.0973. The van der Waals surface area contributed by atoms with Crippen molar-refractivity contribution in [1.82, 2.24) is 0 Å². The summed E-state index contributed by atoms with van der Waals surface area (Å²) in [7, 11) is 0. The summed E-state index contributed by atoms with van der Waals surface area (Å²) in [6.45, 7) is 1.84. The first kappa shape index (κ1) is 13.8. The number of aromatic hydroxyl groups is 2. The Morgan fingerprint density at radius 2 is 1.57 bits per heavy atom. The number of carbonyl (C=O) groups is 2. The molecule has 106 valence electrons. The van der Waals surface area contributed by atoms with Gasteiger partial charge in [0.2, 0.25) is 5.78 Å². The van der Waals surface area contributed by atoms with Gasteiger partial charge in [-0.2, -0.15) is 0 Å². The van der Waals surface area contributed by atoms with Crippen LogP contribution in [-0.4, -0.2) is 21.8 Å². The largest absolute Gasteiger partial charge is 0.507 e. The van der Waals surface area contributed by atoms with E-state index < -0.39 is 5.78 Å². The normalized spacial score (nSPS) is 14.6. The molecule has 0 bridgehead atoms. The topological polar surface area (TPSA) is 74.6 Å². The van der Waals surface area contributed by atoms with E-state index in [0.29, 0.717) is 5.56 Å². The van der Waals surface area contributed by atoms with Gasteiger partial charge in [-0.25, -0.2) is 0 Å². The molecule has 2 aromatic carbocycles. The number of alkyl halides is 1. The highest BCUT2D eigenvalue weighted by molar-refractivity contribution is 9.09. The van der Waals surface area contributed by atoms with Gasteiger partial charge in [-0.15, -0.1) is 0 Å². The van der Waals surface area contributed by atoms with Crippen LogP contribution in [0.4, 0.5) is 0 Å². The number of carbonyl (C=O) groups excluding carboxylic acids is 2. The minimum absolute atomic E-state index is 0.0437. The summed E-state index contributed by atoms with van der Waals surface area (Å²) in [5.41, 5.74) is 0.896. The highest BCUT2D eigenvalue weighted by Crippen LogP contribution is 2.40. The second-order valence-electron chi connectivity index (χ2n) is 4.90. The average Bonchev–Trinajstić information content (AvgIpc) is 2.43. The van der Waals surface area contributed by atoms with Gasteiger partial charge in [0, 0.05) is 16.0 Å². The molecule has 0 fully saturated rings. The molecule has 0 radical (unpaired) electrons. The standard InChI is InChI=1S/C16H11BrO4/c1-7(17)8-5-6-11(19)14-13(8)15(20)9-3-2-4-10(18)12(9)16(14)21/h2-7,18-19H,1H3. The van der Waals surface area contributed by atoms with Gasteiger partial charge in [-0.1, -0.05) is 34.1 Å². The monoisotopic (exact) mass is 346 g/mol.